The second kappa shape index (κ2) is 6.71. The molecular formula is C18H15FN2S. The zero-order chi connectivity index (χ0) is 15.4. The topological polar surface area (TPSA) is 25.8 Å². The van der Waals surface area contributed by atoms with Crippen LogP contribution in [0.25, 0.3) is 11.3 Å². The molecule has 110 valence electrons. The zero-order valence-corrected chi connectivity index (χ0v) is 13.0. The quantitative estimate of drug-likeness (QED) is 0.642. The highest BCUT2D eigenvalue weighted by atomic mass is 32.2. The highest BCUT2D eigenvalue weighted by Crippen LogP contribution is 2.23. The number of nitrogens with zero attached hydrogens (tertiary/aromatic N) is 2. The lowest BCUT2D eigenvalue weighted by Gasteiger charge is -2.04. The van der Waals surface area contributed by atoms with Gasteiger partial charge in [-0.1, -0.05) is 41.6 Å². The maximum absolute atomic E-state index is 12.9. The Balaban J connectivity index is 1.68. The monoisotopic (exact) mass is 310 g/mol. The van der Waals surface area contributed by atoms with Gasteiger partial charge in [-0.3, -0.25) is 0 Å². The SMILES string of the molecule is Cc1cccc(CSc2ccc(-c3ccc(F)cc3)nn2)c1. The summed E-state index contributed by atoms with van der Waals surface area (Å²) in [5, 5.41) is 9.33. The lowest BCUT2D eigenvalue weighted by atomic mass is 10.1. The van der Waals surface area contributed by atoms with E-state index >= 15 is 0 Å². The van der Waals surface area contributed by atoms with E-state index in [4.69, 9.17) is 0 Å². The summed E-state index contributed by atoms with van der Waals surface area (Å²) in [6.07, 6.45) is 0. The minimum Gasteiger partial charge on any atom is -0.207 e. The molecule has 3 aromatic rings. The van der Waals surface area contributed by atoms with Gasteiger partial charge >= 0.3 is 0 Å². The molecule has 0 spiro atoms. The molecule has 0 aliphatic heterocycles. The summed E-state index contributed by atoms with van der Waals surface area (Å²) in [7, 11) is 0. The van der Waals surface area contributed by atoms with Gasteiger partial charge in [0.2, 0.25) is 0 Å². The normalized spacial score (nSPS) is 10.6. The predicted molar refractivity (Wildman–Crippen MR) is 88.2 cm³/mol. The third-order valence-corrected chi connectivity index (χ3v) is 4.24. The van der Waals surface area contributed by atoms with Gasteiger partial charge < -0.3 is 0 Å². The van der Waals surface area contributed by atoms with Gasteiger partial charge in [0.1, 0.15) is 10.8 Å². The van der Waals surface area contributed by atoms with E-state index in [9.17, 15) is 4.39 Å². The molecule has 0 fully saturated rings. The van der Waals surface area contributed by atoms with Crippen LogP contribution in [0.2, 0.25) is 0 Å². The molecule has 0 bridgehead atoms. The highest BCUT2D eigenvalue weighted by Gasteiger charge is 2.03. The van der Waals surface area contributed by atoms with E-state index in [1.165, 1.54) is 23.3 Å². The Morgan fingerprint density at radius 3 is 2.45 bits per heavy atom. The van der Waals surface area contributed by atoms with Crippen molar-refractivity contribution >= 4 is 11.8 Å². The van der Waals surface area contributed by atoms with Crippen molar-refractivity contribution in [2.75, 3.05) is 0 Å². The van der Waals surface area contributed by atoms with Crippen molar-refractivity contribution < 1.29 is 4.39 Å². The number of aromatic nitrogens is 2. The fourth-order valence-corrected chi connectivity index (χ4v) is 2.89. The van der Waals surface area contributed by atoms with Gasteiger partial charge in [-0.05, 0) is 48.9 Å². The van der Waals surface area contributed by atoms with Crippen LogP contribution in [0.15, 0.2) is 65.7 Å². The number of hydrogen-bond acceptors (Lipinski definition) is 3. The van der Waals surface area contributed by atoms with Crippen molar-refractivity contribution in [3.63, 3.8) is 0 Å². The van der Waals surface area contributed by atoms with E-state index in [-0.39, 0.29) is 5.82 Å². The van der Waals surface area contributed by atoms with Crippen LogP contribution in [-0.2, 0) is 5.75 Å². The Kier molecular flexibility index (Phi) is 4.49. The summed E-state index contributed by atoms with van der Waals surface area (Å²) in [6, 6.07) is 18.6. The third-order valence-electron chi connectivity index (χ3n) is 3.25. The molecule has 2 aromatic carbocycles. The molecule has 1 heterocycles. The van der Waals surface area contributed by atoms with Gasteiger partial charge in [0.05, 0.1) is 5.69 Å². The fourth-order valence-electron chi connectivity index (χ4n) is 2.13. The summed E-state index contributed by atoms with van der Waals surface area (Å²) in [4.78, 5) is 0. The van der Waals surface area contributed by atoms with E-state index in [1.54, 1.807) is 23.9 Å². The second-order valence-electron chi connectivity index (χ2n) is 5.04. The van der Waals surface area contributed by atoms with Crippen LogP contribution in [0.4, 0.5) is 4.39 Å². The van der Waals surface area contributed by atoms with Crippen molar-refractivity contribution in [3.05, 3.63) is 77.6 Å². The molecule has 0 amide bonds. The number of hydrogen-bond donors (Lipinski definition) is 0. The van der Waals surface area contributed by atoms with Gasteiger partial charge in [-0.15, -0.1) is 10.2 Å². The minimum atomic E-state index is -0.248. The smallest absolute Gasteiger partial charge is 0.123 e. The summed E-state index contributed by atoms with van der Waals surface area (Å²) in [6.45, 7) is 2.09. The fraction of sp³-hybridized carbons (Fsp3) is 0.111. The lowest BCUT2D eigenvalue weighted by Crippen LogP contribution is -1.90. The molecule has 22 heavy (non-hydrogen) atoms. The van der Waals surface area contributed by atoms with Crippen LogP contribution in [0.5, 0.6) is 0 Å². The van der Waals surface area contributed by atoms with Crippen molar-refractivity contribution in [3.8, 4) is 11.3 Å². The van der Waals surface area contributed by atoms with Gasteiger partial charge in [-0.2, -0.15) is 0 Å². The van der Waals surface area contributed by atoms with E-state index < -0.39 is 0 Å². The first-order valence-electron chi connectivity index (χ1n) is 6.99. The lowest BCUT2D eigenvalue weighted by molar-refractivity contribution is 0.628. The minimum absolute atomic E-state index is 0.248. The van der Waals surface area contributed by atoms with Crippen LogP contribution in [-0.4, -0.2) is 10.2 Å². The number of aryl methyl sites for hydroxylation is 1. The number of benzene rings is 2. The molecule has 4 heteroatoms. The van der Waals surface area contributed by atoms with Gasteiger partial charge in [0.25, 0.3) is 0 Å². The molecule has 0 N–H and O–H groups in total. The number of halogens is 1. The first-order valence-corrected chi connectivity index (χ1v) is 7.97. The molecule has 0 radical (unpaired) electrons. The van der Waals surface area contributed by atoms with E-state index in [0.717, 1.165) is 22.0 Å². The van der Waals surface area contributed by atoms with Gasteiger partial charge in [-0.25, -0.2) is 4.39 Å². The Morgan fingerprint density at radius 2 is 1.77 bits per heavy atom. The maximum Gasteiger partial charge on any atom is 0.123 e. The zero-order valence-electron chi connectivity index (χ0n) is 12.2. The number of thioether (sulfide) groups is 1. The van der Waals surface area contributed by atoms with Gasteiger partial charge in [0, 0.05) is 11.3 Å². The Bertz CT molecular complexity index is 755. The van der Waals surface area contributed by atoms with Crippen LogP contribution < -0.4 is 0 Å². The summed E-state index contributed by atoms with van der Waals surface area (Å²) in [5.41, 5.74) is 4.15. The van der Waals surface area contributed by atoms with E-state index in [1.807, 2.05) is 12.1 Å². The van der Waals surface area contributed by atoms with E-state index in [2.05, 4.69) is 41.4 Å². The molecular weight excluding hydrogens is 295 g/mol. The van der Waals surface area contributed by atoms with Crippen LogP contribution in [0.1, 0.15) is 11.1 Å². The average molecular weight is 310 g/mol. The molecule has 0 aliphatic carbocycles. The van der Waals surface area contributed by atoms with Crippen molar-refractivity contribution in [2.45, 2.75) is 17.7 Å². The van der Waals surface area contributed by atoms with Crippen LogP contribution in [0, 0.1) is 12.7 Å². The van der Waals surface area contributed by atoms with Crippen molar-refractivity contribution in [1.82, 2.24) is 10.2 Å². The molecule has 0 saturated heterocycles. The van der Waals surface area contributed by atoms with Crippen molar-refractivity contribution in [2.24, 2.45) is 0 Å². The molecule has 0 aliphatic rings. The molecule has 3 rings (SSSR count). The molecule has 1 aromatic heterocycles. The molecule has 0 saturated carbocycles. The first kappa shape index (κ1) is 14.7. The van der Waals surface area contributed by atoms with E-state index in [0.29, 0.717) is 0 Å². The molecule has 2 nitrogen and oxygen atoms in total. The van der Waals surface area contributed by atoms with Crippen LogP contribution >= 0.6 is 11.8 Å². The summed E-state index contributed by atoms with van der Waals surface area (Å²) in [5.74, 6) is 0.619. The van der Waals surface area contributed by atoms with Crippen LogP contribution in [0.3, 0.4) is 0 Å². The summed E-state index contributed by atoms with van der Waals surface area (Å²) >= 11 is 1.65. The number of rotatable bonds is 4. The summed E-state index contributed by atoms with van der Waals surface area (Å²) < 4.78 is 12.9. The third kappa shape index (κ3) is 3.71. The van der Waals surface area contributed by atoms with Gasteiger partial charge in [0.15, 0.2) is 0 Å². The van der Waals surface area contributed by atoms with Crippen molar-refractivity contribution in [1.29, 1.82) is 0 Å². The second-order valence-corrected chi connectivity index (χ2v) is 6.04. The largest absolute Gasteiger partial charge is 0.207 e. The maximum atomic E-state index is 12.9. The average Bonchev–Trinajstić information content (AvgIpc) is 2.54. The predicted octanol–water partition coefficient (Wildman–Crippen LogP) is 4.88. The Hall–Kier alpha value is -2.20. The first-order chi connectivity index (χ1) is 10.7. The Labute approximate surface area is 133 Å². The molecule has 0 atom stereocenters. The standard InChI is InChI=1S/C18H15FN2S/c1-13-3-2-4-14(11-13)12-22-18-10-9-17(20-21-18)15-5-7-16(19)8-6-15/h2-11H,12H2,1H3. The Morgan fingerprint density at radius 1 is 0.955 bits per heavy atom. The molecule has 0 unspecified atom stereocenters. The highest BCUT2D eigenvalue weighted by molar-refractivity contribution is 7.98.